The second-order valence-electron chi connectivity index (χ2n) is 3.75. The van der Waals surface area contributed by atoms with E-state index in [-0.39, 0.29) is 11.8 Å². The summed E-state index contributed by atoms with van der Waals surface area (Å²) in [7, 11) is 1.84. The number of nitrogens with zero attached hydrogens (tertiary/aromatic N) is 4. The zero-order chi connectivity index (χ0) is 10.8. The van der Waals surface area contributed by atoms with E-state index in [2.05, 4.69) is 11.2 Å². The third kappa shape index (κ3) is 1.84. The van der Waals surface area contributed by atoms with Gasteiger partial charge in [0.1, 0.15) is 0 Å². The highest BCUT2D eigenvalue weighted by atomic mass is 16.2. The Kier molecular flexibility index (Phi) is 2.42. The minimum atomic E-state index is -0.147. The molecule has 1 aromatic rings. The molecule has 78 valence electrons. The van der Waals surface area contributed by atoms with Gasteiger partial charge in [0.05, 0.1) is 24.2 Å². The third-order valence-corrected chi connectivity index (χ3v) is 2.67. The maximum absolute atomic E-state index is 11.5. The SMILES string of the molecule is Cn1nccc1CN1CC(C#N)CC1=O. The number of amides is 1. The predicted molar refractivity (Wildman–Crippen MR) is 52.3 cm³/mol. The van der Waals surface area contributed by atoms with Crippen LogP contribution >= 0.6 is 0 Å². The number of carbonyl (C=O) groups is 1. The second-order valence-corrected chi connectivity index (χ2v) is 3.75. The number of rotatable bonds is 2. The average molecular weight is 204 g/mol. The Morgan fingerprint density at radius 1 is 1.73 bits per heavy atom. The molecule has 0 saturated carbocycles. The van der Waals surface area contributed by atoms with Gasteiger partial charge in [0.15, 0.2) is 0 Å². The van der Waals surface area contributed by atoms with Crippen LogP contribution in [0.2, 0.25) is 0 Å². The predicted octanol–water partition coefficient (Wildman–Crippen LogP) is 0.292. The van der Waals surface area contributed by atoms with E-state index < -0.39 is 0 Å². The van der Waals surface area contributed by atoms with Crippen molar-refractivity contribution >= 4 is 5.91 Å². The molecule has 15 heavy (non-hydrogen) atoms. The molecule has 1 unspecified atom stereocenters. The Balaban J connectivity index is 2.05. The summed E-state index contributed by atoms with van der Waals surface area (Å²) in [5.74, 6) is -0.0894. The summed E-state index contributed by atoms with van der Waals surface area (Å²) in [6, 6.07) is 4.02. The normalized spacial score (nSPS) is 20.7. The molecule has 0 radical (unpaired) electrons. The molecule has 0 spiro atoms. The first-order chi connectivity index (χ1) is 7.20. The lowest BCUT2D eigenvalue weighted by atomic mass is 10.1. The van der Waals surface area contributed by atoms with E-state index in [1.807, 2.05) is 13.1 Å². The number of hydrogen-bond donors (Lipinski definition) is 0. The molecule has 1 saturated heterocycles. The minimum absolute atomic E-state index is 0.0581. The van der Waals surface area contributed by atoms with Gasteiger partial charge in [0.2, 0.25) is 5.91 Å². The van der Waals surface area contributed by atoms with Crippen LogP contribution in [0.15, 0.2) is 12.3 Å². The Morgan fingerprint density at radius 3 is 3.07 bits per heavy atom. The van der Waals surface area contributed by atoms with Crippen LogP contribution < -0.4 is 0 Å². The van der Waals surface area contributed by atoms with Crippen molar-refractivity contribution in [1.82, 2.24) is 14.7 Å². The van der Waals surface area contributed by atoms with Gasteiger partial charge in [-0.25, -0.2) is 0 Å². The second kappa shape index (κ2) is 3.73. The summed E-state index contributed by atoms with van der Waals surface area (Å²) in [5.41, 5.74) is 0.988. The van der Waals surface area contributed by atoms with Crippen molar-refractivity contribution in [2.24, 2.45) is 13.0 Å². The van der Waals surface area contributed by atoms with E-state index >= 15 is 0 Å². The van der Waals surface area contributed by atoms with Gasteiger partial charge in [-0.2, -0.15) is 10.4 Å². The topological polar surface area (TPSA) is 61.9 Å². The lowest BCUT2D eigenvalue weighted by molar-refractivity contribution is -0.128. The minimum Gasteiger partial charge on any atom is -0.335 e. The molecular weight excluding hydrogens is 192 g/mol. The Bertz CT molecular complexity index is 417. The number of hydrogen-bond acceptors (Lipinski definition) is 3. The fourth-order valence-corrected chi connectivity index (χ4v) is 1.76. The first kappa shape index (κ1) is 9.71. The number of carbonyl (C=O) groups excluding carboxylic acids is 1. The Labute approximate surface area is 87.9 Å². The van der Waals surface area contributed by atoms with Crippen LogP contribution in [-0.4, -0.2) is 27.1 Å². The molecule has 2 heterocycles. The molecule has 0 aliphatic carbocycles. The first-order valence-corrected chi connectivity index (χ1v) is 4.85. The standard InChI is InChI=1S/C10H12N4O/c1-13-9(2-3-12-13)7-14-6-8(5-11)4-10(14)15/h2-3,8H,4,6-7H2,1H3. The highest BCUT2D eigenvalue weighted by Gasteiger charge is 2.29. The van der Waals surface area contributed by atoms with Crippen LogP contribution in [-0.2, 0) is 18.4 Å². The lowest BCUT2D eigenvalue weighted by Gasteiger charge is -2.15. The summed E-state index contributed by atoms with van der Waals surface area (Å²) in [4.78, 5) is 13.2. The average Bonchev–Trinajstić information content (AvgIpc) is 2.76. The highest BCUT2D eigenvalue weighted by molar-refractivity contribution is 5.79. The van der Waals surface area contributed by atoms with Crippen molar-refractivity contribution in [1.29, 1.82) is 5.26 Å². The molecule has 1 aliphatic heterocycles. The number of aryl methyl sites for hydroxylation is 1. The van der Waals surface area contributed by atoms with E-state index in [1.54, 1.807) is 15.8 Å². The summed E-state index contributed by atoms with van der Waals surface area (Å²) in [5, 5.41) is 12.8. The van der Waals surface area contributed by atoms with Crippen molar-refractivity contribution in [3.63, 3.8) is 0 Å². The molecule has 1 aliphatic rings. The van der Waals surface area contributed by atoms with Crippen molar-refractivity contribution in [2.75, 3.05) is 6.54 Å². The molecule has 0 bridgehead atoms. The molecule has 1 fully saturated rings. The zero-order valence-corrected chi connectivity index (χ0v) is 8.55. The largest absolute Gasteiger partial charge is 0.335 e. The van der Waals surface area contributed by atoms with Crippen LogP contribution in [0.3, 0.4) is 0 Å². The van der Waals surface area contributed by atoms with Gasteiger partial charge in [-0.1, -0.05) is 0 Å². The van der Waals surface area contributed by atoms with Gasteiger partial charge in [0, 0.05) is 26.2 Å². The van der Waals surface area contributed by atoms with Crippen LogP contribution in [0.1, 0.15) is 12.1 Å². The maximum atomic E-state index is 11.5. The molecule has 5 nitrogen and oxygen atoms in total. The quantitative estimate of drug-likeness (QED) is 0.695. The molecule has 0 N–H and O–H groups in total. The number of likely N-dealkylation sites (tertiary alicyclic amines) is 1. The molecule has 1 atom stereocenters. The summed E-state index contributed by atoms with van der Waals surface area (Å²) in [6.07, 6.45) is 2.06. The van der Waals surface area contributed by atoms with Crippen molar-refractivity contribution < 1.29 is 4.79 Å². The maximum Gasteiger partial charge on any atom is 0.224 e. The molecule has 1 aromatic heterocycles. The van der Waals surface area contributed by atoms with E-state index in [4.69, 9.17) is 5.26 Å². The number of nitriles is 1. The fraction of sp³-hybridized carbons (Fsp3) is 0.500. The van der Waals surface area contributed by atoms with Gasteiger partial charge < -0.3 is 4.90 Å². The van der Waals surface area contributed by atoms with E-state index in [1.165, 1.54) is 0 Å². The molecule has 2 rings (SSSR count). The molecule has 1 amide bonds. The highest BCUT2D eigenvalue weighted by Crippen LogP contribution is 2.18. The Hall–Kier alpha value is -1.83. The number of aromatic nitrogens is 2. The summed E-state index contributed by atoms with van der Waals surface area (Å²) in [6.45, 7) is 1.09. The fourth-order valence-electron chi connectivity index (χ4n) is 1.76. The van der Waals surface area contributed by atoms with E-state index in [9.17, 15) is 4.79 Å². The van der Waals surface area contributed by atoms with E-state index in [0.29, 0.717) is 19.5 Å². The van der Waals surface area contributed by atoms with Crippen molar-refractivity contribution in [2.45, 2.75) is 13.0 Å². The first-order valence-electron chi connectivity index (χ1n) is 4.85. The van der Waals surface area contributed by atoms with Gasteiger partial charge >= 0.3 is 0 Å². The van der Waals surface area contributed by atoms with E-state index in [0.717, 1.165) is 5.69 Å². The van der Waals surface area contributed by atoms with Crippen LogP contribution in [0.5, 0.6) is 0 Å². The zero-order valence-electron chi connectivity index (χ0n) is 8.55. The van der Waals surface area contributed by atoms with Crippen molar-refractivity contribution in [3.8, 4) is 6.07 Å². The van der Waals surface area contributed by atoms with Crippen LogP contribution in [0, 0.1) is 17.2 Å². The monoisotopic (exact) mass is 204 g/mol. The Morgan fingerprint density at radius 2 is 2.53 bits per heavy atom. The van der Waals surface area contributed by atoms with Gasteiger partial charge in [-0.05, 0) is 6.07 Å². The van der Waals surface area contributed by atoms with Crippen LogP contribution in [0.25, 0.3) is 0 Å². The van der Waals surface area contributed by atoms with Gasteiger partial charge in [-0.15, -0.1) is 0 Å². The van der Waals surface area contributed by atoms with Crippen molar-refractivity contribution in [3.05, 3.63) is 18.0 Å². The molecule has 5 heteroatoms. The summed E-state index contributed by atoms with van der Waals surface area (Å²) < 4.78 is 1.74. The molecular formula is C10H12N4O. The summed E-state index contributed by atoms with van der Waals surface area (Å²) >= 11 is 0. The molecule has 0 aromatic carbocycles. The van der Waals surface area contributed by atoms with Gasteiger partial charge in [0.25, 0.3) is 0 Å². The smallest absolute Gasteiger partial charge is 0.224 e. The van der Waals surface area contributed by atoms with Gasteiger partial charge in [-0.3, -0.25) is 9.48 Å². The third-order valence-electron chi connectivity index (χ3n) is 2.67. The lowest BCUT2D eigenvalue weighted by Crippen LogP contribution is -2.25. The van der Waals surface area contributed by atoms with Crippen LogP contribution in [0.4, 0.5) is 0 Å².